The van der Waals surface area contributed by atoms with Crippen LogP contribution in [-0.2, 0) is 20.1 Å². The fourth-order valence-corrected chi connectivity index (χ4v) is 3.88. The lowest BCUT2D eigenvalue weighted by molar-refractivity contribution is 0.609. The SMILES string of the molecule is Cc1nnc(CN=C(NCc2nc(C(C)C)cs2)NC2CCCC2)n1C.I. The van der Waals surface area contributed by atoms with Crippen LogP contribution in [-0.4, -0.2) is 31.7 Å². The van der Waals surface area contributed by atoms with Crippen LogP contribution in [0, 0.1) is 6.92 Å². The molecular formula is C18H30IN7S. The van der Waals surface area contributed by atoms with E-state index in [9.17, 15) is 0 Å². The molecule has 1 saturated carbocycles. The van der Waals surface area contributed by atoms with Crippen molar-refractivity contribution >= 4 is 41.3 Å². The maximum Gasteiger partial charge on any atom is 0.192 e. The molecule has 0 saturated heterocycles. The van der Waals surface area contributed by atoms with Crippen LogP contribution in [0.1, 0.15) is 67.8 Å². The van der Waals surface area contributed by atoms with Gasteiger partial charge in [-0.3, -0.25) is 0 Å². The Balaban J connectivity index is 0.00000261. The molecule has 2 heterocycles. The summed E-state index contributed by atoms with van der Waals surface area (Å²) in [7, 11) is 1.97. The summed E-state index contributed by atoms with van der Waals surface area (Å²) in [5.41, 5.74) is 1.16. The van der Waals surface area contributed by atoms with E-state index in [4.69, 9.17) is 9.98 Å². The van der Waals surface area contributed by atoms with Crippen molar-refractivity contribution in [3.05, 3.63) is 27.7 Å². The zero-order valence-corrected chi connectivity index (χ0v) is 19.7. The number of aromatic nitrogens is 4. The molecule has 9 heteroatoms. The standard InChI is InChI=1S/C18H29N7S.HI/c1-12(2)15-11-26-17(22-15)10-20-18(21-14-7-5-6-8-14)19-9-16-24-23-13(3)25(16)4;/h11-12,14H,5-10H2,1-4H3,(H2,19,20,21);1H. The lowest BCUT2D eigenvalue weighted by atomic mass is 10.2. The van der Waals surface area contributed by atoms with Gasteiger partial charge < -0.3 is 15.2 Å². The highest BCUT2D eigenvalue weighted by molar-refractivity contribution is 14.0. The van der Waals surface area contributed by atoms with Gasteiger partial charge in [-0.1, -0.05) is 26.7 Å². The first-order chi connectivity index (χ1) is 12.5. The number of halogens is 1. The van der Waals surface area contributed by atoms with E-state index in [2.05, 4.69) is 40.1 Å². The lowest BCUT2D eigenvalue weighted by Gasteiger charge is -2.17. The van der Waals surface area contributed by atoms with Crippen LogP contribution < -0.4 is 10.6 Å². The van der Waals surface area contributed by atoms with E-state index >= 15 is 0 Å². The number of guanidine groups is 1. The minimum atomic E-state index is 0. The average Bonchev–Trinajstić information content (AvgIpc) is 3.35. The summed E-state index contributed by atoms with van der Waals surface area (Å²) in [5.74, 6) is 3.06. The van der Waals surface area contributed by atoms with Crippen LogP contribution in [0.2, 0.25) is 0 Å². The van der Waals surface area contributed by atoms with Gasteiger partial charge in [0, 0.05) is 18.5 Å². The monoisotopic (exact) mass is 503 g/mol. The van der Waals surface area contributed by atoms with Gasteiger partial charge in [0.25, 0.3) is 0 Å². The van der Waals surface area contributed by atoms with E-state index in [0.717, 1.165) is 28.3 Å². The molecule has 0 aromatic carbocycles. The van der Waals surface area contributed by atoms with Gasteiger partial charge in [0.05, 0.1) is 12.2 Å². The van der Waals surface area contributed by atoms with Crippen molar-refractivity contribution in [1.29, 1.82) is 0 Å². The number of hydrogen-bond acceptors (Lipinski definition) is 5. The smallest absolute Gasteiger partial charge is 0.192 e. The minimum absolute atomic E-state index is 0. The summed E-state index contributed by atoms with van der Waals surface area (Å²) in [4.78, 5) is 9.43. The molecule has 0 spiro atoms. The Bertz CT molecular complexity index is 747. The number of aryl methyl sites for hydroxylation is 1. The Kier molecular flexibility index (Phi) is 8.46. The molecule has 1 aliphatic rings. The van der Waals surface area contributed by atoms with Crippen LogP contribution in [0.15, 0.2) is 10.4 Å². The molecule has 1 fully saturated rings. The number of nitrogens with one attached hydrogen (secondary N) is 2. The summed E-state index contributed by atoms with van der Waals surface area (Å²) in [6, 6.07) is 0.505. The zero-order valence-electron chi connectivity index (χ0n) is 16.5. The molecule has 0 radical (unpaired) electrons. The highest BCUT2D eigenvalue weighted by Crippen LogP contribution is 2.19. The second-order valence-corrected chi connectivity index (χ2v) is 8.13. The fraction of sp³-hybridized carbons (Fsp3) is 0.667. The van der Waals surface area contributed by atoms with Gasteiger partial charge in [-0.05, 0) is 25.7 Å². The molecule has 2 aromatic heterocycles. The molecule has 0 amide bonds. The van der Waals surface area contributed by atoms with E-state index in [-0.39, 0.29) is 24.0 Å². The number of hydrogen-bond donors (Lipinski definition) is 2. The first kappa shape index (κ1) is 22.1. The second-order valence-electron chi connectivity index (χ2n) is 7.19. The lowest BCUT2D eigenvalue weighted by Crippen LogP contribution is -2.42. The predicted molar refractivity (Wildman–Crippen MR) is 121 cm³/mol. The summed E-state index contributed by atoms with van der Waals surface area (Å²) in [6.07, 6.45) is 4.99. The fourth-order valence-electron chi connectivity index (χ4n) is 2.99. The predicted octanol–water partition coefficient (Wildman–Crippen LogP) is 3.50. The summed E-state index contributed by atoms with van der Waals surface area (Å²) >= 11 is 1.70. The number of nitrogens with zero attached hydrogens (tertiary/aromatic N) is 5. The van der Waals surface area contributed by atoms with E-state index in [1.807, 2.05) is 18.5 Å². The Hall–Kier alpha value is -1.23. The zero-order chi connectivity index (χ0) is 18.5. The molecule has 2 aromatic rings. The normalized spacial score (nSPS) is 15.2. The van der Waals surface area contributed by atoms with Gasteiger partial charge >= 0.3 is 0 Å². The Morgan fingerprint density at radius 2 is 2.07 bits per heavy atom. The van der Waals surface area contributed by atoms with E-state index in [0.29, 0.717) is 25.0 Å². The van der Waals surface area contributed by atoms with Crippen LogP contribution in [0.5, 0.6) is 0 Å². The van der Waals surface area contributed by atoms with Gasteiger partial charge in [-0.25, -0.2) is 9.98 Å². The van der Waals surface area contributed by atoms with Crippen molar-refractivity contribution in [3.63, 3.8) is 0 Å². The molecule has 0 bridgehead atoms. The van der Waals surface area contributed by atoms with E-state index < -0.39 is 0 Å². The Morgan fingerprint density at radius 1 is 1.33 bits per heavy atom. The molecular weight excluding hydrogens is 473 g/mol. The minimum Gasteiger partial charge on any atom is -0.354 e. The third-order valence-electron chi connectivity index (χ3n) is 4.83. The third kappa shape index (κ3) is 6.13. The van der Waals surface area contributed by atoms with Crippen molar-refractivity contribution in [1.82, 2.24) is 30.4 Å². The maximum absolute atomic E-state index is 4.74. The quantitative estimate of drug-likeness (QED) is 0.359. The van der Waals surface area contributed by atoms with Crippen LogP contribution >= 0.6 is 35.3 Å². The van der Waals surface area contributed by atoms with Gasteiger partial charge in [-0.15, -0.1) is 45.5 Å². The largest absolute Gasteiger partial charge is 0.354 e. The molecule has 7 nitrogen and oxygen atoms in total. The second kappa shape index (κ2) is 10.4. The molecule has 1 aliphatic carbocycles. The summed E-state index contributed by atoms with van der Waals surface area (Å²) in [6.45, 7) is 7.49. The van der Waals surface area contributed by atoms with Crippen LogP contribution in [0.4, 0.5) is 0 Å². The first-order valence-electron chi connectivity index (χ1n) is 9.37. The molecule has 0 unspecified atom stereocenters. The molecule has 0 atom stereocenters. The van der Waals surface area contributed by atoms with Gasteiger partial charge in [0.2, 0.25) is 0 Å². The van der Waals surface area contributed by atoms with Crippen LogP contribution in [0.3, 0.4) is 0 Å². The highest BCUT2D eigenvalue weighted by atomic mass is 127. The van der Waals surface area contributed by atoms with Crippen molar-refractivity contribution < 1.29 is 0 Å². The van der Waals surface area contributed by atoms with Gasteiger partial charge in [0.1, 0.15) is 17.4 Å². The first-order valence-corrected chi connectivity index (χ1v) is 10.2. The summed E-state index contributed by atoms with van der Waals surface area (Å²) < 4.78 is 1.98. The summed E-state index contributed by atoms with van der Waals surface area (Å²) in [5, 5.41) is 18.5. The van der Waals surface area contributed by atoms with Gasteiger partial charge in [-0.2, -0.15) is 0 Å². The number of rotatable bonds is 6. The average molecular weight is 503 g/mol. The third-order valence-corrected chi connectivity index (χ3v) is 5.69. The number of thiazole rings is 1. The molecule has 2 N–H and O–H groups in total. The van der Waals surface area contributed by atoms with Crippen molar-refractivity contribution in [2.75, 3.05) is 0 Å². The molecule has 3 rings (SSSR count). The van der Waals surface area contributed by atoms with Crippen molar-refractivity contribution in [2.45, 2.75) is 71.5 Å². The van der Waals surface area contributed by atoms with E-state index in [1.165, 1.54) is 25.7 Å². The highest BCUT2D eigenvalue weighted by Gasteiger charge is 2.17. The Morgan fingerprint density at radius 3 is 2.67 bits per heavy atom. The Labute approximate surface area is 182 Å². The molecule has 150 valence electrons. The topological polar surface area (TPSA) is 80.0 Å². The van der Waals surface area contributed by atoms with Gasteiger partial charge in [0.15, 0.2) is 11.8 Å². The van der Waals surface area contributed by atoms with Crippen molar-refractivity contribution in [3.8, 4) is 0 Å². The molecule has 27 heavy (non-hydrogen) atoms. The van der Waals surface area contributed by atoms with E-state index in [1.54, 1.807) is 11.3 Å². The van der Waals surface area contributed by atoms with Crippen molar-refractivity contribution in [2.24, 2.45) is 12.0 Å². The maximum atomic E-state index is 4.74. The molecule has 0 aliphatic heterocycles. The number of aliphatic imine (C=N–C) groups is 1. The van der Waals surface area contributed by atoms with Crippen LogP contribution in [0.25, 0.3) is 0 Å².